The standard InChI is InChI=1S/C24H26N4O5/c1-13(25-26-22(31)15-8-11-17(23(32)33)18(29)12-15)19-21(30)20(28(5)27-19)14-6-9-16(10-7-14)24(2,3)4/h6-12,29-30H,1-5H3,(H,26,31)(H,32,33)/b25-13-. The number of hydrogen-bond acceptors (Lipinski definition) is 6. The third-order valence-electron chi connectivity index (χ3n) is 5.20. The second-order valence-corrected chi connectivity index (χ2v) is 8.67. The molecule has 0 aliphatic rings. The molecule has 3 aromatic rings. The van der Waals surface area contributed by atoms with E-state index in [0.29, 0.717) is 5.69 Å². The monoisotopic (exact) mass is 450 g/mol. The number of hydrogen-bond donors (Lipinski definition) is 4. The van der Waals surface area contributed by atoms with Crippen LogP contribution in [-0.4, -0.2) is 42.7 Å². The fourth-order valence-corrected chi connectivity index (χ4v) is 3.31. The number of carboxylic acids is 1. The Morgan fingerprint density at radius 3 is 2.24 bits per heavy atom. The molecule has 0 radical (unpaired) electrons. The first-order valence-corrected chi connectivity index (χ1v) is 10.2. The number of aryl methyl sites for hydroxylation is 1. The minimum Gasteiger partial charge on any atom is -0.507 e. The maximum absolute atomic E-state index is 12.3. The van der Waals surface area contributed by atoms with Crippen LogP contribution in [-0.2, 0) is 12.5 Å². The third kappa shape index (κ3) is 4.87. The lowest BCUT2D eigenvalue weighted by Crippen LogP contribution is -2.19. The molecule has 0 bridgehead atoms. The summed E-state index contributed by atoms with van der Waals surface area (Å²) in [6.07, 6.45) is 0. The Morgan fingerprint density at radius 1 is 1.06 bits per heavy atom. The van der Waals surface area contributed by atoms with E-state index in [0.717, 1.165) is 23.3 Å². The molecule has 1 heterocycles. The molecular formula is C24H26N4O5. The average Bonchev–Trinajstić information content (AvgIpc) is 3.04. The van der Waals surface area contributed by atoms with E-state index >= 15 is 0 Å². The van der Waals surface area contributed by atoms with E-state index in [1.54, 1.807) is 18.7 Å². The van der Waals surface area contributed by atoms with Crippen LogP contribution in [0.15, 0.2) is 47.6 Å². The van der Waals surface area contributed by atoms with Crippen LogP contribution in [0, 0.1) is 0 Å². The fourth-order valence-electron chi connectivity index (χ4n) is 3.31. The van der Waals surface area contributed by atoms with E-state index in [4.69, 9.17) is 5.11 Å². The molecule has 9 heteroatoms. The normalized spacial score (nSPS) is 12.0. The van der Waals surface area contributed by atoms with E-state index in [-0.39, 0.29) is 33.7 Å². The van der Waals surface area contributed by atoms with Crippen molar-refractivity contribution in [2.24, 2.45) is 12.1 Å². The molecule has 0 unspecified atom stereocenters. The van der Waals surface area contributed by atoms with E-state index in [2.05, 4.69) is 36.4 Å². The van der Waals surface area contributed by atoms with E-state index in [9.17, 15) is 19.8 Å². The Morgan fingerprint density at radius 2 is 1.70 bits per heavy atom. The second kappa shape index (κ2) is 8.78. The van der Waals surface area contributed by atoms with E-state index in [1.165, 1.54) is 6.07 Å². The molecule has 0 fully saturated rings. The van der Waals surface area contributed by atoms with Gasteiger partial charge in [-0.25, -0.2) is 10.2 Å². The molecule has 0 spiro atoms. The lowest BCUT2D eigenvalue weighted by molar-refractivity contribution is 0.0693. The molecule has 0 atom stereocenters. The number of carbonyl (C=O) groups is 2. The molecule has 0 saturated heterocycles. The summed E-state index contributed by atoms with van der Waals surface area (Å²) in [6, 6.07) is 11.3. The van der Waals surface area contributed by atoms with Gasteiger partial charge in [0.25, 0.3) is 5.91 Å². The Labute approximate surface area is 191 Å². The van der Waals surface area contributed by atoms with Crippen molar-refractivity contribution in [3.05, 3.63) is 64.8 Å². The SMILES string of the molecule is C/C(=N/NC(=O)c1ccc(C(=O)O)c(O)c1)c1nn(C)c(-c2ccc(C(C)(C)C)cc2)c1O. The van der Waals surface area contributed by atoms with E-state index in [1.807, 2.05) is 24.3 Å². The molecule has 4 N–H and O–H groups in total. The predicted octanol–water partition coefficient (Wildman–Crippen LogP) is 3.65. The summed E-state index contributed by atoms with van der Waals surface area (Å²) in [6.45, 7) is 7.95. The van der Waals surface area contributed by atoms with Gasteiger partial charge in [0.05, 0.1) is 5.71 Å². The molecule has 1 amide bonds. The van der Waals surface area contributed by atoms with Crippen molar-refractivity contribution in [2.45, 2.75) is 33.1 Å². The molecular weight excluding hydrogens is 424 g/mol. The molecule has 0 aliphatic carbocycles. The second-order valence-electron chi connectivity index (χ2n) is 8.67. The average molecular weight is 450 g/mol. The van der Waals surface area contributed by atoms with Crippen LogP contribution in [0.1, 0.15) is 59.7 Å². The van der Waals surface area contributed by atoms with Crippen LogP contribution in [0.4, 0.5) is 0 Å². The molecule has 9 nitrogen and oxygen atoms in total. The van der Waals surface area contributed by atoms with Gasteiger partial charge in [0.2, 0.25) is 0 Å². The smallest absolute Gasteiger partial charge is 0.339 e. The van der Waals surface area contributed by atoms with Crippen molar-refractivity contribution in [2.75, 3.05) is 0 Å². The van der Waals surface area contributed by atoms with Gasteiger partial charge < -0.3 is 15.3 Å². The quantitative estimate of drug-likeness (QED) is 0.346. The van der Waals surface area contributed by atoms with Crippen LogP contribution in [0.5, 0.6) is 11.5 Å². The first kappa shape index (κ1) is 23.5. The van der Waals surface area contributed by atoms with Gasteiger partial charge in [0, 0.05) is 18.2 Å². The van der Waals surface area contributed by atoms with Crippen LogP contribution in [0.3, 0.4) is 0 Å². The summed E-state index contributed by atoms with van der Waals surface area (Å²) >= 11 is 0. The Kier molecular flexibility index (Phi) is 6.25. The number of nitrogens with one attached hydrogen (secondary N) is 1. The number of rotatable bonds is 5. The van der Waals surface area contributed by atoms with Gasteiger partial charge >= 0.3 is 5.97 Å². The molecule has 0 aliphatic heterocycles. The summed E-state index contributed by atoms with van der Waals surface area (Å²) < 4.78 is 1.54. The maximum atomic E-state index is 12.3. The van der Waals surface area contributed by atoms with Gasteiger partial charge in [-0.2, -0.15) is 10.2 Å². The molecule has 0 saturated carbocycles. The van der Waals surface area contributed by atoms with Crippen molar-refractivity contribution >= 4 is 17.6 Å². The van der Waals surface area contributed by atoms with Gasteiger partial charge in [-0.1, -0.05) is 45.0 Å². The summed E-state index contributed by atoms with van der Waals surface area (Å²) in [5, 5.41) is 37.9. The largest absolute Gasteiger partial charge is 0.507 e. The highest BCUT2D eigenvalue weighted by atomic mass is 16.4. The summed E-state index contributed by atoms with van der Waals surface area (Å²) in [4.78, 5) is 23.3. The van der Waals surface area contributed by atoms with Crippen LogP contribution < -0.4 is 5.43 Å². The van der Waals surface area contributed by atoms with Crippen molar-refractivity contribution < 1.29 is 24.9 Å². The van der Waals surface area contributed by atoms with E-state index < -0.39 is 17.6 Å². The lowest BCUT2D eigenvalue weighted by atomic mass is 9.86. The highest BCUT2D eigenvalue weighted by Gasteiger charge is 2.21. The van der Waals surface area contributed by atoms with Gasteiger partial charge in [0.15, 0.2) is 11.4 Å². The first-order valence-electron chi connectivity index (χ1n) is 10.2. The Balaban J connectivity index is 1.83. The zero-order valence-electron chi connectivity index (χ0n) is 19.0. The lowest BCUT2D eigenvalue weighted by Gasteiger charge is -2.19. The molecule has 1 aromatic heterocycles. The number of carboxylic acid groups (broad SMARTS) is 1. The van der Waals surface area contributed by atoms with Gasteiger partial charge in [-0.05, 0) is 36.1 Å². The summed E-state index contributed by atoms with van der Waals surface area (Å²) in [7, 11) is 1.70. The number of aromatic hydroxyl groups is 2. The van der Waals surface area contributed by atoms with Gasteiger partial charge in [-0.3, -0.25) is 9.48 Å². The summed E-state index contributed by atoms with van der Waals surface area (Å²) in [5.74, 6) is -2.56. The highest BCUT2D eigenvalue weighted by Crippen LogP contribution is 2.33. The number of amides is 1. The number of phenols is 1. The predicted molar refractivity (Wildman–Crippen MR) is 124 cm³/mol. The minimum atomic E-state index is -1.30. The topological polar surface area (TPSA) is 137 Å². The number of nitrogens with zero attached hydrogens (tertiary/aromatic N) is 3. The molecule has 33 heavy (non-hydrogen) atoms. The minimum absolute atomic E-state index is 0.00435. The number of aromatic nitrogens is 2. The van der Waals surface area contributed by atoms with Crippen molar-refractivity contribution in [3.8, 4) is 22.8 Å². The molecule has 2 aromatic carbocycles. The van der Waals surface area contributed by atoms with Crippen LogP contribution in [0.25, 0.3) is 11.3 Å². The van der Waals surface area contributed by atoms with Crippen molar-refractivity contribution in [1.82, 2.24) is 15.2 Å². The molecule has 3 rings (SSSR count). The number of hydrazone groups is 1. The van der Waals surface area contributed by atoms with Crippen molar-refractivity contribution in [1.29, 1.82) is 0 Å². The van der Waals surface area contributed by atoms with Crippen LogP contribution in [0.2, 0.25) is 0 Å². The number of benzene rings is 2. The summed E-state index contributed by atoms with van der Waals surface area (Å²) in [5.41, 5.74) is 4.97. The Hall–Kier alpha value is -4.14. The first-order chi connectivity index (χ1) is 15.4. The fraction of sp³-hybridized carbons (Fsp3) is 0.250. The van der Waals surface area contributed by atoms with Gasteiger partial charge in [0.1, 0.15) is 17.0 Å². The Bertz CT molecular complexity index is 1250. The zero-order valence-corrected chi connectivity index (χ0v) is 19.0. The van der Waals surface area contributed by atoms with Crippen molar-refractivity contribution in [3.63, 3.8) is 0 Å². The maximum Gasteiger partial charge on any atom is 0.339 e. The van der Waals surface area contributed by atoms with Crippen LogP contribution >= 0.6 is 0 Å². The number of carbonyl (C=O) groups excluding carboxylic acids is 1. The van der Waals surface area contributed by atoms with Gasteiger partial charge in [-0.15, -0.1) is 0 Å². The number of aromatic carboxylic acids is 1. The molecule has 172 valence electrons. The highest BCUT2D eigenvalue weighted by molar-refractivity contribution is 6.03. The third-order valence-corrected chi connectivity index (χ3v) is 5.20. The zero-order chi connectivity index (χ0) is 24.5.